The Morgan fingerprint density at radius 2 is 2.27 bits per heavy atom. The van der Waals surface area contributed by atoms with E-state index in [0.29, 0.717) is 5.95 Å². The first-order valence-electron chi connectivity index (χ1n) is 3.70. The SMILES string of the molecule is Nc1nccc(N2CCC2)n1. The summed E-state index contributed by atoms with van der Waals surface area (Å²) >= 11 is 0. The van der Waals surface area contributed by atoms with E-state index in [1.54, 1.807) is 6.20 Å². The standard InChI is InChI=1S/C7H10N4/c8-7-9-3-2-6(10-7)11-4-1-5-11/h2-3H,1,4-5H2,(H2,8,9,10). The molecular formula is C7H10N4. The van der Waals surface area contributed by atoms with Crippen LogP contribution in [0, 0.1) is 0 Å². The van der Waals surface area contributed by atoms with Gasteiger partial charge in [-0.1, -0.05) is 0 Å². The summed E-state index contributed by atoms with van der Waals surface area (Å²) in [5.41, 5.74) is 5.43. The summed E-state index contributed by atoms with van der Waals surface area (Å²) in [6.07, 6.45) is 2.94. The van der Waals surface area contributed by atoms with Crippen molar-refractivity contribution < 1.29 is 0 Å². The second-order valence-corrected chi connectivity index (χ2v) is 2.61. The number of nitrogen functional groups attached to an aromatic ring is 1. The van der Waals surface area contributed by atoms with Crippen LogP contribution >= 0.6 is 0 Å². The highest BCUT2D eigenvalue weighted by Crippen LogP contribution is 2.16. The van der Waals surface area contributed by atoms with Crippen LogP contribution in [0.2, 0.25) is 0 Å². The molecule has 2 heterocycles. The second kappa shape index (κ2) is 2.38. The van der Waals surface area contributed by atoms with E-state index < -0.39 is 0 Å². The molecule has 4 heteroatoms. The molecule has 4 nitrogen and oxygen atoms in total. The van der Waals surface area contributed by atoms with Crippen LogP contribution in [0.25, 0.3) is 0 Å². The lowest BCUT2D eigenvalue weighted by atomic mass is 10.2. The third kappa shape index (κ3) is 1.11. The third-order valence-corrected chi connectivity index (χ3v) is 1.84. The second-order valence-electron chi connectivity index (χ2n) is 2.61. The molecule has 0 spiro atoms. The van der Waals surface area contributed by atoms with E-state index in [1.165, 1.54) is 6.42 Å². The van der Waals surface area contributed by atoms with E-state index in [2.05, 4.69) is 14.9 Å². The number of rotatable bonds is 1. The van der Waals surface area contributed by atoms with Crippen molar-refractivity contribution in [1.29, 1.82) is 0 Å². The molecule has 1 saturated heterocycles. The van der Waals surface area contributed by atoms with E-state index >= 15 is 0 Å². The van der Waals surface area contributed by atoms with Crippen LogP contribution in [0.3, 0.4) is 0 Å². The van der Waals surface area contributed by atoms with Gasteiger partial charge < -0.3 is 10.6 Å². The molecule has 58 valence electrons. The summed E-state index contributed by atoms with van der Waals surface area (Å²) in [7, 11) is 0. The zero-order valence-electron chi connectivity index (χ0n) is 6.20. The first-order chi connectivity index (χ1) is 5.36. The van der Waals surface area contributed by atoms with Gasteiger partial charge >= 0.3 is 0 Å². The summed E-state index contributed by atoms with van der Waals surface area (Å²) < 4.78 is 0. The van der Waals surface area contributed by atoms with Gasteiger partial charge in [0.05, 0.1) is 0 Å². The molecule has 0 amide bonds. The summed E-state index contributed by atoms with van der Waals surface area (Å²) in [4.78, 5) is 10.1. The van der Waals surface area contributed by atoms with E-state index in [0.717, 1.165) is 18.9 Å². The molecular weight excluding hydrogens is 140 g/mol. The molecule has 11 heavy (non-hydrogen) atoms. The zero-order chi connectivity index (χ0) is 7.68. The smallest absolute Gasteiger partial charge is 0.221 e. The minimum absolute atomic E-state index is 0.356. The predicted molar refractivity (Wildman–Crippen MR) is 43.3 cm³/mol. The maximum atomic E-state index is 5.43. The van der Waals surface area contributed by atoms with Crippen LogP contribution in [0.1, 0.15) is 6.42 Å². The van der Waals surface area contributed by atoms with Crippen molar-refractivity contribution in [2.24, 2.45) is 0 Å². The third-order valence-electron chi connectivity index (χ3n) is 1.84. The fourth-order valence-electron chi connectivity index (χ4n) is 1.09. The number of nitrogens with zero attached hydrogens (tertiary/aromatic N) is 3. The molecule has 1 aliphatic heterocycles. The molecule has 0 bridgehead atoms. The zero-order valence-corrected chi connectivity index (χ0v) is 6.20. The highest BCUT2D eigenvalue weighted by atomic mass is 15.2. The van der Waals surface area contributed by atoms with Crippen molar-refractivity contribution >= 4 is 11.8 Å². The van der Waals surface area contributed by atoms with E-state index in [-0.39, 0.29) is 0 Å². The molecule has 0 unspecified atom stereocenters. The minimum Gasteiger partial charge on any atom is -0.368 e. The Bertz CT molecular complexity index is 256. The summed E-state index contributed by atoms with van der Waals surface area (Å²) in [5.74, 6) is 1.30. The topological polar surface area (TPSA) is 55.0 Å². The fourth-order valence-corrected chi connectivity index (χ4v) is 1.09. The van der Waals surface area contributed by atoms with Gasteiger partial charge in [0.25, 0.3) is 0 Å². The van der Waals surface area contributed by atoms with Crippen LogP contribution < -0.4 is 10.6 Å². The van der Waals surface area contributed by atoms with E-state index in [1.807, 2.05) is 6.07 Å². The number of nitrogens with two attached hydrogens (primary N) is 1. The lowest BCUT2D eigenvalue weighted by Crippen LogP contribution is -2.37. The van der Waals surface area contributed by atoms with Crippen molar-refractivity contribution in [2.45, 2.75) is 6.42 Å². The Hall–Kier alpha value is -1.32. The van der Waals surface area contributed by atoms with Gasteiger partial charge in [0.2, 0.25) is 5.95 Å². The average Bonchev–Trinajstić information content (AvgIpc) is 1.83. The molecule has 0 radical (unpaired) electrons. The van der Waals surface area contributed by atoms with E-state index in [9.17, 15) is 0 Å². The molecule has 0 aliphatic carbocycles. The predicted octanol–water partition coefficient (Wildman–Crippen LogP) is 0.269. The number of anilines is 2. The van der Waals surface area contributed by atoms with Gasteiger partial charge in [0.15, 0.2) is 0 Å². The largest absolute Gasteiger partial charge is 0.368 e. The van der Waals surface area contributed by atoms with Gasteiger partial charge in [-0.15, -0.1) is 0 Å². The quantitative estimate of drug-likeness (QED) is 0.624. The monoisotopic (exact) mass is 150 g/mol. The summed E-state index contributed by atoms with van der Waals surface area (Å²) in [6, 6.07) is 1.88. The maximum Gasteiger partial charge on any atom is 0.221 e. The molecule has 1 aromatic rings. The maximum absolute atomic E-state index is 5.43. The average molecular weight is 150 g/mol. The van der Waals surface area contributed by atoms with Crippen molar-refractivity contribution in [3.63, 3.8) is 0 Å². The summed E-state index contributed by atoms with van der Waals surface area (Å²) in [5, 5.41) is 0. The first-order valence-corrected chi connectivity index (χ1v) is 3.70. The van der Waals surface area contributed by atoms with Crippen molar-refractivity contribution in [2.75, 3.05) is 23.7 Å². The highest BCUT2D eigenvalue weighted by Gasteiger charge is 2.15. The first kappa shape index (κ1) is 6.39. The van der Waals surface area contributed by atoms with Crippen LogP contribution in [0.15, 0.2) is 12.3 Å². The Morgan fingerprint density at radius 1 is 1.45 bits per heavy atom. The van der Waals surface area contributed by atoms with Gasteiger partial charge in [-0.25, -0.2) is 4.98 Å². The van der Waals surface area contributed by atoms with Crippen LogP contribution in [0.4, 0.5) is 11.8 Å². The molecule has 1 aliphatic rings. The van der Waals surface area contributed by atoms with E-state index in [4.69, 9.17) is 5.73 Å². The Balaban J connectivity index is 2.23. The van der Waals surface area contributed by atoms with Crippen molar-refractivity contribution in [1.82, 2.24) is 9.97 Å². The Morgan fingerprint density at radius 3 is 2.82 bits per heavy atom. The molecule has 2 rings (SSSR count). The van der Waals surface area contributed by atoms with Gasteiger partial charge in [0, 0.05) is 19.3 Å². The molecule has 1 aromatic heterocycles. The van der Waals surface area contributed by atoms with Crippen LogP contribution in [-0.2, 0) is 0 Å². The highest BCUT2D eigenvalue weighted by molar-refractivity contribution is 5.42. The normalized spacial score (nSPS) is 16.2. The molecule has 0 saturated carbocycles. The Labute approximate surface area is 65.1 Å². The lowest BCUT2D eigenvalue weighted by Gasteiger charge is -2.31. The van der Waals surface area contributed by atoms with Crippen LogP contribution in [0.5, 0.6) is 0 Å². The number of hydrogen-bond acceptors (Lipinski definition) is 4. The molecule has 1 fully saturated rings. The lowest BCUT2D eigenvalue weighted by molar-refractivity contribution is 0.609. The van der Waals surface area contributed by atoms with Gasteiger partial charge in [-0.2, -0.15) is 4.98 Å². The van der Waals surface area contributed by atoms with Crippen molar-refractivity contribution in [3.05, 3.63) is 12.3 Å². The van der Waals surface area contributed by atoms with Gasteiger partial charge in [0.1, 0.15) is 5.82 Å². The van der Waals surface area contributed by atoms with Gasteiger partial charge in [-0.05, 0) is 12.5 Å². The fraction of sp³-hybridized carbons (Fsp3) is 0.429. The minimum atomic E-state index is 0.356. The molecule has 0 aromatic carbocycles. The molecule has 2 N–H and O–H groups in total. The van der Waals surface area contributed by atoms with Crippen molar-refractivity contribution in [3.8, 4) is 0 Å². The van der Waals surface area contributed by atoms with Crippen LogP contribution in [-0.4, -0.2) is 23.1 Å². The van der Waals surface area contributed by atoms with Gasteiger partial charge in [-0.3, -0.25) is 0 Å². The number of aromatic nitrogens is 2. The molecule has 0 atom stereocenters. The summed E-state index contributed by atoms with van der Waals surface area (Å²) in [6.45, 7) is 2.19. The Kier molecular flexibility index (Phi) is 1.38. The number of hydrogen-bond donors (Lipinski definition) is 1.